The van der Waals surface area contributed by atoms with Crippen LogP contribution in [0.15, 0.2) is 70.3 Å². The molecule has 4 heterocycles. The fraction of sp³-hybridized carbons (Fsp3) is 0.0909. The largest absolute Gasteiger partial charge is 0.505 e. The van der Waals surface area contributed by atoms with Crippen molar-refractivity contribution < 1.29 is 14.7 Å². The molecule has 1 fully saturated rings. The molecule has 9 heteroatoms. The number of pyridine rings is 1. The zero-order valence-corrected chi connectivity index (χ0v) is 18.6. The number of hydrogen-bond donors (Lipinski definition) is 1. The van der Waals surface area contributed by atoms with E-state index in [9.17, 15) is 14.7 Å². The van der Waals surface area contributed by atoms with Crippen molar-refractivity contribution in [3.63, 3.8) is 0 Å². The summed E-state index contributed by atoms with van der Waals surface area (Å²) in [4.78, 5) is 36.3. The third-order valence-corrected chi connectivity index (χ3v) is 6.48. The van der Waals surface area contributed by atoms with Gasteiger partial charge in [-0.2, -0.15) is 0 Å². The first-order chi connectivity index (χ1) is 15.0. The van der Waals surface area contributed by atoms with Crippen molar-refractivity contribution in [2.24, 2.45) is 0 Å². The number of nitrogens with zero attached hydrogens (tertiary/aromatic N) is 4. The van der Waals surface area contributed by atoms with Gasteiger partial charge in [-0.3, -0.25) is 18.9 Å². The van der Waals surface area contributed by atoms with Crippen molar-refractivity contribution in [2.75, 3.05) is 4.90 Å². The quantitative estimate of drug-likeness (QED) is 0.257. The van der Waals surface area contributed by atoms with Crippen molar-refractivity contribution in [1.29, 1.82) is 0 Å². The minimum Gasteiger partial charge on any atom is -0.505 e. The molecule has 3 aromatic heterocycles. The lowest BCUT2D eigenvalue weighted by molar-refractivity contribution is -0.132. The summed E-state index contributed by atoms with van der Waals surface area (Å²) in [7, 11) is 0. The molecule has 7 nitrogen and oxygen atoms in total. The normalized spacial score (nSPS) is 18.3. The van der Waals surface area contributed by atoms with Gasteiger partial charge in [0.1, 0.15) is 11.3 Å². The van der Waals surface area contributed by atoms with E-state index in [1.165, 1.54) is 16.2 Å². The first kappa shape index (κ1) is 19.7. The van der Waals surface area contributed by atoms with E-state index in [0.717, 1.165) is 4.47 Å². The monoisotopic (exact) mass is 494 g/mol. The number of benzene rings is 1. The number of Topliss-reactive ketones (excluding diaryl/α,β-unsaturated/α-hetero) is 1. The molecule has 0 saturated carbocycles. The maximum Gasteiger partial charge on any atom is 0.301 e. The second-order valence-corrected chi connectivity index (χ2v) is 8.80. The van der Waals surface area contributed by atoms with E-state index in [0.29, 0.717) is 27.7 Å². The zero-order chi connectivity index (χ0) is 21.7. The highest BCUT2D eigenvalue weighted by Crippen LogP contribution is 2.43. The van der Waals surface area contributed by atoms with Crippen LogP contribution < -0.4 is 4.90 Å². The van der Waals surface area contributed by atoms with Crippen LogP contribution in [0.3, 0.4) is 0 Å². The van der Waals surface area contributed by atoms with Crippen LogP contribution in [0.5, 0.6) is 0 Å². The Balaban J connectivity index is 1.79. The summed E-state index contributed by atoms with van der Waals surface area (Å²) >= 11 is 4.67. The Morgan fingerprint density at radius 1 is 1.16 bits per heavy atom. The predicted molar refractivity (Wildman–Crippen MR) is 121 cm³/mol. The van der Waals surface area contributed by atoms with E-state index in [4.69, 9.17) is 0 Å². The molecule has 1 amide bonds. The van der Waals surface area contributed by atoms with Crippen LogP contribution in [0.4, 0.5) is 5.13 Å². The van der Waals surface area contributed by atoms with Crippen LogP contribution in [0.1, 0.15) is 23.0 Å². The van der Waals surface area contributed by atoms with Crippen molar-refractivity contribution in [3.05, 3.63) is 87.2 Å². The molecule has 31 heavy (non-hydrogen) atoms. The third-order valence-electron chi connectivity index (χ3n) is 5.18. The highest BCUT2D eigenvalue weighted by atomic mass is 79.9. The Labute approximate surface area is 189 Å². The standard InChI is InChI=1S/C22H15BrN4O3S/c1-12-17(26-10-3-2-4-15(26)25-12)19(28)16-18(13-5-7-14(23)8-6-13)27(21(30)20(16)29)22-24-9-11-31-22/h2-11,18,28H,1H3. The van der Waals surface area contributed by atoms with E-state index in [1.807, 2.05) is 42.5 Å². The van der Waals surface area contributed by atoms with Crippen LogP contribution in [0.25, 0.3) is 11.4 Å². The number of aromatic nitrogens is 3. The second kappa shape index (κ2) is 7.44. The van der Waals surface area contributed by atoms with Crippen molar-refractivity contribution >= 4 is 55.5 Å². The van der Waals surface area contributed by atoms with Crippen LogP contribution in [-0.2, 0) is 9.59 Å². The SMILES string of the molecule is Cc1nc2ccccn2c1C(O)=C1C(=O)C(=O)N(c2nccs2)C1c1ccc(Br)cc1. The Bertz CT molecular complexity index is 1360. The van der Waals surface area contributed by atoms with Gasteiger partial charge in [-0.1, -0.05) is 34.1 Å². The number of imidazole rings is 1. The smallest absolute Gasteiger partial charge is 0.301 e. The lowest BCUT2D eigenvalue weighted by atomic mass is 9.96. The lowest BCUT2D eigenvalue weighted by Gasteiger charge is -2.23. The number of aliphatic hydroxyl groups excluding tert-OH is 1. The summed E-state index contributed by atoms with van der Waals surface area (Å²) in [5.41, 5.74) is 2.27. The number of halogens is 1. The Morgan fingerprint density at radius 3 is 2.65 bits per heavy atom. The average molecular weight is 495 g/mol. The Kier molecular flexibility index (Phi) is 4.71. The highest BCUT2D eigenvalue weighted by molar-refractivity contribution is 9.10. The van der Waals surface area contributed by atoms with E-state index in [-0.39, 0.29) is 11.3 Å². The van der Waals surface area contributed by atoms with Gasteiger partial charge in [-0.15, -0.1) is 11.3 Å². The molecule has 4 aromatic rings. The molecule has 0 radical (unpaired) electrons. The number of aryl methyl sites for hydroxylation is 1. The van der Waals surface area contributed by atoms with Gasteiger partial charge in [0.15, 0.2) is 10.9 Å². The van der Waals surface area contributed by atoms with E-state index >= 15 is 0 Å². The molecule has 0 spiro atoms. The summed E-state index contributed by atoms with van der Waals surface area (Å²) in [5.74, 6) is -1.75. The maximum atomic E-state index is 13.2. The Morgan fingerprint density at radius 2 is 1.94 bits per heavy atom. The Hall–Kier alpha value is -3.30. The summed E-state index contributed by atoms with van der Waals surface area (Å²) in [6.45, 7) is 1.76. The molecular formula is C22H15BrN4O3S. The topological polar surface area (TPSA) is 87.8 Å². The molecule has 1 aliphatic heterocycles. The molecule has 1 N–H and O–H groups in total. The number of hydrogen-bond acceptors (Lipinski definition) is 6. The van der Waals surface area contributed by atoms with E-state index in [2.05, 4.69) is 25.9 Å². The van der Waals surface area contributed by atoms with E-state index < -0.39 is 17.7 Å². The first-order valence-electron chi connectivity index (χ1n) is 9.37. The van der Waals surface area contributed by atoms with Crippen LogP contribution in [0.2, 0.25) is 0 Å². The molecule has 5 rings (SSSR count). The highest BCUT2D eigenvalue weighted by Gasteiger charge is 2.48. The number of thiazole rings is 1. The van der Waals surface area contributed by atoms with Crippen LogP contribution in [-0.4, -0.2) is 31.2 Å². The second-order valence-electron chi connectivity index (χ2n) is 7.01. The van der Waals surface area contributed by atoms with Crippen molar-refractivity contribution in [3.8, 4) is 0 Å². The summed E-state index contributed by atoms with van der Waals surface area (Å²) in [6, 6.07) is 11.9. The van der Waals surface area contributed by atoms with Crippen LogP contribution in [0, 0.1) is 6.92 Å². The molecule has 154 valence electrons. The molecule has 1 aromatic carbocycles. The molecule has 0 aliphatic carbocycles. The maximum absolute atomic E-state index is 13.2. The minimum absolute atomic E-state index is 0.0104. The van der Waals surface area contributed by atoms with Gasteiger partial charge in [0.05, 0.1) is 17.3 Å². The summed E-state index contributed by atoms with van der Waals surface area (Å²) in [5, 5.41) is 13.5. The lowest BCUT2D eigenvalue weighted by Crippen LogP contribution is -2.29. The number of rotatable bonds is 3. The molecule has 1 saturated heterocycles. The van der Waals surface area contributed by atoms with Crippen LogP contribution >= 0.6 is 27.3 Å². The van der Waals surface area contributed by atoms with Gasteiger partial charge in [0.25, 0.3) is 5.78 Å². The van der Waals surface area contributed by atoms with Gasteiger partial charge < -0.3 is 5.11 Å². The minimum atomic E-state index is -0.812. The third kappa shape index (κ3) is 3.08. The van der Waals surface area contributed by atoms with Gasteiger partial charge in [-0.25, -0.2) is 9.97 Å². The number of amides is 1. The summed E-state index contributed by atoms with van der Waals surface area (Å²) < 4.78 is 2.57. The van der Waals surface area contributed by atoms with Gasteiger partial charge in [0, 0.05) is 22.2 Å². The van der Waals surface area contributed by atoms with Gasteiger partial charge in [0.2, 0.25) is 0 Å². The first-order valence-corrected chi connectivity index (χ1v) is 11.0. The predicted octanol–water partition coefficient (Wildman–Crippen LogP) is 4.49. The number of fused-ring (bicyclic) bond motifs is 1. The fourth-order valence-corrected chi connectivity index (χ4v) is 4.78. The fourth-order valence-electron chi connectivity index (χ4n) is 3.85. The van der Waals surface area contributed by atoms with Gasteiger partial charge >= 0.3 is 5.91 Å². The summed E-state index contributed by atoms with van der Waals surface area (Å²) in [6.07, 6.45) is 3.34. The number of ketones is 1. The van der Waals surface area contributed by atoms with E-state index in [1.54, 1.807) is 29.1 Å². The number of carbonyl (C=O) groups is 2. The molecular weight excluding hydrogens is 480 g/mol. The zero-order valence-electron chi connectivity index (χ0n) is 16.2. The molecule has 1 unspecified atom stereocenters. The average Bonchev–Trinajstić information content (AvgIpc) is 3.45. The van der Waals surface area contributed by atoms with Crippen molar-refractivity contribution in [1.82, 2.24) is 14.4 Å². The molecule has 0 bridgehead atoms. The van der Waals surface area contributed by atoms with Crippen molar-refractivity contribution in [2.45, 2.75) is 13.0 Å². The number of anilines is 1. The molecule has 1 atom stereocenters. The number of aliphatic hydroxyl groups is 1. The number of carbonyl (C=O) groups excluding carboxylic acids is 2. The molecule has 1 aliphatic rings. The van der Waals surface area contributed by atoms with Gasteiger partial charge in [-0.05, 0) is 36.8 Å².